The van der Waals surface area contributed by atoms with Crippen molar-refractivity contribution in [2.45, 2.75) is 106 Å². The lowest BCUT2D eigenvalue weighted by atomic mass is 9.63. The molecule has 218 valence electrons. The minimum absolute atomic E-state index is 0.0679. The number of hydrogen-bond donors (Lipinski definition) is 0. The molecule has 1 nitrogen and oxygen atoms in total. The third kappa shape index (κ3) is 4.03. The summed E-state index contributed by atoms with van der Waals surface area (Å²) in [6.45, 7) is 31.0. The van der Waals surface area contributed by atoms with E-state index in [1.54, 1.807) is 0 Å². The lowest BCUT2D eigenvalue weighted by Crippen LogP contribution is -2.65. The molecule has 0 amide bonds. The molecule has 0 spiro atoms. The second-order valence-corrected chi connectivity index (χ2v) is 21.4. The van der Waals surface area contributed by atoms with Gasteiger partial charge in [0.15, 0.2) is 11.7 Å². The van der Waals surface area contributed by atoms with Crippen LogP contribution in [0.4, 0.5) is 0 Å². The Kier molecular flexibility index (Phi) is 6.54. The van der Waals surface area contributed by atoms with E-state index in [1.807, 2.05) is 11.3 Å². The normalized spacial score (nSPS) is 15.9. The van der Waals surface area contributed by atoms with Crippen LogP contribution < -0.4 is 9.75 Å². The third-order valence-electron chi connectivity index (χ3n) is 10.8. The van der Waals surface area contributed by atoms with Crippen LogP contribution >= 0.6 is 11.3 Å². The molecule has 0 fully saturated rings. The highest BCUT2D eigenvalue weighted by atomic mass is 32.1. The molecule has 0 saturated carbocycles. The molecule has 1 aliphatic rings. The van der Waals surface area contributed by atoms with E-state index in [9.17, 15) is 0 Å². The second-order valence-electron chi connectivity index (χ2n) is 15.3. The average Bonchev–Trinajstić information content (AvgIpc) is 3.22. The van der Waals surface area contributed by atoms with Crippen molar-refractivity contribution in [1.29, 1.82) is 0 Å². The van der Waals surface area contributed by atoms with Gasteiger partial charge < -0.3 is 0 Å². The van der Waals surface area contributed by atoms with Crippen molar-refractivity contribution < 1.29 is 4.57 Å². The van der Waals surface area contributed by atoms with Gasteiger partial charge in [-0.15, -0.1) is 11.3 Å². The fourth-order valence-electron chi connectivity index (χ4n) is 7.25. The standard InChI is InChI=1S/C39H48NSSi/c1-22(2)30-21-33-34(32-20-24(4)23(3)19-31(30)32)38(7,8)39(9,10)40-17-16-29-26(6)36(41-37(29)35(33)40)28-15-14-27(18-25(28)5)42(11,12)13/h14-22H,1-13H3/q+1. The molecular formula is C39H48NSSi+. The van der Waals surface area contributed by atoms with Crippen LogP contribution in [0, 0.1) is 27.7 Å². The van der Waals surface area contributed by atoms with Crippen molar-refractivity contribution in [3.63, 3.8) is 0 Å². The van der Waals surface area contributed by atoms with Crippen molar-refractivity contribution in [2.75, 3.05) is 0 Å². The SMILES string of the molecule is Cc1cc2c(C(C)C)cc3c(c2cc1C)C(C)(C)C(C)(C)[n+]1ccc2c(C)c(-c4ccc([Si](C)(C)C)cc4C)sc2c1-3. The number of thiophene rings is 1. The third-order valence-corrected chi connectivity index (χ3v) is 14.2. The first-order valence-electron chi connectivity index (χ1n) is 15.6. The maximum Gasteiger partial charge on any atom is 0.231 e. The smallest absolute Gasteiger partial charge is 0.191 e. The average molecular weight is 591 g/mol. The minimum atomic E-state index is -1.37. The molecule has 3 aromatic carbocycles. The second kappa shape index (κ2) is 9.37. The van der Waals surface area contributed by atoms with Crippen LogP contribution in [0.3, 0.4) is 0 Å². The summed E-state index contributed by atoms with van der Waals surface area (Å²) in [6.07, 6.45) is 2.38. The maximum absolute atomic E-state index is 2.61. The molecule has 3 heterocycles. The molecule has 0 saturated heterocycles. The molecule has 6 rings (SSSR count). The molecule has 5 aromatic rings. The molecule has 0 unspecified atom stereocenters. The Morgan fingerprint density at radius 2 is 1.38 bits per heavy atom. The summed E-state index contributed by atoms with van der Waals surface area (Å²) in [5, 5.41) is 5.79. The number of benzene rings is 3. The molecule has 0 radical (unpaired) electrons. The van der Waals surface area contributed by atoms with Crippen molar-refractivity contribution in [1.82, 2.24) is 0 Å². The zero-order valence-electron chi connectivity index (χ0n) is 28.1. The fraction of sp³-hybridized carbons (Fsp3) is 0.410. The highest BCUT2D eigenvalue weighted by Crippen LogP contribution is 2.53. The maximum atomic E-state index is 2.61. The van der Waals surface area contributed by atoms with Gasteiger partial charge in [-0.2, -0.15) is 4.57 Å². The first kappa shape index (κ1) is 29.3. The topological polar surface area (TPSA) is 3.88 Å². The number of aromatic nitrogens is 1. The molecule has 42 heavy (non-hydrogen) atoms. The van der Waals surface area contributed by atoms with E-state index < -0.39 is 8.07 Å². The van der Waals surface area contributed by atoms with Gasteiger partial charge in [-0.05, 0) is 103 Å². The van der Waals surface area contributed by atoms with Gasteiger partial charge in [0.05, 0.1) is 19.1 Å². The van der Waals surface area contributed by atoms with Gasteiger partial charge in [0.25, 0.3) is 0 Å². The molecule has 2 aromatic heterocycles. The molecular weight excluding hydrogens is 543 g/mol. The number of hydrogen-bond acceptors (Lipinski definition) is 1. The van der Waals surface area contributed by atoms with Crippen LogP contribution in [0.1, 0.15) is 80.8 Å². The number of nitrogens with zero attached hydrogens (tertiary/aromatic N) is 1. The van der Waals surface area contributed by atoms with E-state index in [4.69, 9.17) is 0 Å². The predicted octanol–water partition coefficient (Wildman–Crippen LogP) is 10.6. The van der Waals surface area contributed by atoms with Gasteiger partial charge >= 0.3 is 0 Å². The van der Waals surface area contributed by atoms with Crippen molar-refractivity contribution in [3.05, 3.63) is 82.0 Å². The largest absolute Gasteiger partial charge is 0.231 e. The van der Waals surface area contributed by atoms with Crippen molar-refractivity contribution in [3.8, 4) is 21.7 Å². The Labute approximate surface area is 258 Å². The van der Waals surface area contributed by atoms with Crippen LogP contribution in [0.2, 0.25) is 19.6 Å². The van der Waals surface area contributed by atoms with E-state index in [-0.39, 0.29) is 11.0 Å². The van der Waals surface area contributed by atoms with E-state index >= 15 is 0 Å². The molecule has 1 aliphatic heterocycles. The number of pyridine rings is 1. The fourth-order valence-corrected chi connectivity index (χ4v) is 9.93. The zero-order valence-corrected chi connectivity index (χ0v) is 29.9. The number of aryl methyl sites for hydroxylation is 4. The van der Waals surface area contributed by atoms with E-state index in [1.165, 1.54) is 81.1 Å². The molecule has 0 bridgehead atoms. The summed E-state index contributed by atoms with van der Waals surface area (Å²) in [5.74, 6) is 0.443. The first-order valence-corrected chi connectivity index (χ1v) is 20.0. The monoisotopic (exact) mass is 590 g/mol. The molecule has 0 aliphatic carbocycles. The highest BCUT2D eigenvalue weighted by Gasteiger charge is 2.54. The van der Waals surface area contributed by atoms with Gasteiger partial charge in [0.1, 0.15) is 4.70 Å². The zero-order chi connectivity index (χ0) is 30.7. The van der Waals surface area contributed by atoms with Gasteiger partial charge in [-0.3, -0.25) is 0 Å². The summed E-state index contributed by atoms with van der Waals surface area (Å²) in [5.41, 5.74) is 12.5. The summed E-state index contributed by atoms with van der Waals surface area (Å²) in [6, 6.07) is 17.1. The minimum Gasteiger partial charge on any atom is -0.191 e. The van der Waals surface area contributed by atoms with Crippen LogP contribution in [-0.2, 0) is 11.0 Å². The molecule has 0 N–H and O–H groups in total. The Bertz CT molecular complexity index is 1930. The van der Waals surface area contributed by atoms with E-state index in [0.29, 0.717) is 5.92 Å². The first-order chi connectivity index (χ1) is 19.5. The number of fused-ring (bicyclic) bond motifs is 7. The van der Waals surface area contributed by atoms with Crippen molar-refractivity contribution in [2.24, 2.45) is 0 Å². The molecule has 3 heteroatoms. The van der Waals surface area contributed by atoms with E-state index in [0.717, 1.165) is 0 Å². The summed E-state index contributed by atoms with van der Waals surface area (Å²) in [7, 11) is -1.37. The van der Waals surface area contributed by atoms with Crippen LogP contribution in [-0.4, -0.2) is 8.07 Å². The Morgan fingerprint density at radius 1 is 0.738 bits per heavy atom. The Balaban J connectivity index is 1.74. The summed E-state index contributed by atoms with van der Waals surface area (Å²) in [4.78, 5) is 1.42. The van der Waals surface area contributed by atoms with Gasteiger partial charge in [-0.25, -0.2) is 0 Å². The summed E-state index contributed by atoms with van der Waals surface area (Å²) >= 11 is 2.00. The lowest BCUT2D eigenvalue weighted by molar-refractivity contribution is -0.758. The van der Waals surface area contributed by atoms with Crippen LogP contribution in [0.25, 0.3) is 42.6 Å². The molecule has 0 atom stereocenters. The number of rotatable bonds is 3. The van der Waals surface area contributed by atoms with Gasteiger partial charge in [0.2, 0.25) is 5.69 Å². The van der Waals surface area contributed by atoms with Crippen LogP contribution in [0.15, 0.2) is 48.7 Å². The van der Waals surface area contributed by atoms with Gasteiger partial charge in [-0.1, -0.05) is 69.0 Å². The summed E-state index contributed by atoms with van der Waals surface area (Å²) < 4.78 is 4.02. The Morgan fingerprint density at radius 3 is 1.98 bits per heavy atom. The predicted molar refractivity (Wildman–Crippen MR) is 189 cm³/mol. The Hall–Kier alpha value is -2.75. The van der Waals surface area contributed by atoms with Crippen LogP contribution in [0.5, 0.6) is 0 Å². The van der Waals surface area contributed by atoms with Gasteiger partial charge in [0, 0.05) is 30.2 Å². The van der Waals surface area contributed by atoms with Crippen molar-refractivity contribution >= 4 is 45.5 Å². The lowest BCUT2D eigenvalue weighted by Gasteiger charge is -2.43. The quantitative estimate of drug-likeness (QED) is 0.145. The van der Waals surface area contributed by atoms with E-state index in [2.05, 4.69) is 142 Å². The highest BCUT2D eigenvalue weighted by molar-refractivity contribution is 7.23.